The van der Waals surface area contributed by atoms with Crippen LogP contribution < -0.4 is 20.9 Å². The summed E-state index contributed by atoms with van der Waals surface area (Å²) >= 11 is 0. The lowest BCUT2D eigenvalue weighted by Gasteiger charge is -2.29. The van der Waals surface area contributed by atoms with Crippen LogP contribution in [-0.4, -0.2) is 18.5 Å². The minimum Gasteiger partial charge on any atom is -0.448 e. The van der Waals surface area contributed by atoms with Gasteiger partial charge >= 0.3 is 12.2 Å². The Morgan fingerprint density at radius 2 is 1.80 bits per heavy atom. The molecule has 3 aromatic rings. The molecule has 2 amide bonds. The predicted molar refractivity (Wildman–Crippen MR) is 107 cm³/mol. The molecule has 0 unspecified atom stereocenters. The van der Waals surface area contributed by atoms with Gasteiger partial charge in [-0.25, -0.2) is 4.79 Å². The number of carbonyl (C=O) groups is 1. The third-order valence-corrected chi connectivity index (χ3v) is 4.47. The molecule has 2 aromatic carbocycles. The van der Waals surface area contributed by atoms with Crippen LogP contribution in [0.3, 0.4) is 0 Å². The minimum atomic E-state index is -4.49. The van der Waals surface area contributed by atoms with E-state index in [9.17, 15) is 18.0 Å². The van der Waals surface area contributed by atoms with E-state index in [4.69, 9.17) is 9.83 Å². The van der Waals surface area contributed by atoms with Crippen molar-refractivity contribution in [1.82, 2.24) is 0 Å². The van der Waals surface area contributed by atoms with Crippen LogP contribution in [0, 0.1) is 5.41 Å². The second-order valence-corrected chi connectivity index (χ2v) is 6.48. The molecule has 30 heavy (non-hydrogen) atoms. The van der Waals surface area contributed by atoms with Gasteiger partial charge in [0.2, 0.25) is 5.88 Å². The summed E-state index contributed by atoms with van der Waals surface area (Å²) in [6, 6.07) is 12.1. The standard InChI is InChI=1S/C20H16F3N5O2/c21-20(22,23)12-2-1-3-14(10-12)27-19(29)26-13-4-6-15(7-5-13)28-11-25-18-16(17(28)24)8-9-30-18/h1-10,24-25H,11H2,(H2,26,27,29). The summed E-state index contributed by atoms with van der Waals surface area (Å²) < 4.78 is 43.6. The topological polar surface area (TPSA) is 93.4 Å². The second-order valence-electron chi connectivity index (χ2n) is 6.48. The van der Waals surface area contributed by atoms with Crippen LogP contribution in [0.2, 0.25) is 0 Å². The molecule has 0 aliphatic carbocycles. The Balaban J connectivity index is 1.41. The van der Waals surface area contributed by atoms with Gasteiger partial charge in [0.1, 0.15) is 5.84 Å². The van der Waals surface area contributed by atoms with Crippen molar-refractivity contribution >= 4 is 34.8 Å². The zero-order valence-electron chi connectivity index (χ0n) is 15.4. The number of hydrogen-bond donors (Lipinski definition) is 4. The van der Waals surface area contributed by atoms with Crippen LogP contribution in [-0.2, 0) is 6.18 Å². The zero-order valence-corrected chi connectivity index (χ0v) is 15.4. The molecule has 154 valence electrons. The zero-order chi connectivity index (χ0) is 21.3. The average molecular weight is 415 g/mol. The largest absolute Gasteiger partial charge is 0.448 e. The van der Waals surface area contributed by atoms with E-state index in [0.29, 0.717) is 23.8 Å². The van der Waals surface area contributed by atoms with E-state index in [-0.39, 0.29) is 11.5 Å². The monoisotopic (exact) mass is 415 g/mol. The number of amides is 2. The maximum Gasteiger partial charge on any atom is 0.416 e. The third kappa shape index (κ3) is 3.93. The van der Waals surface area contributed by atoms with Gasteiger partial charge in [-0.15, -0.1) is 0 Å². The number of carbonyl (C=O) groups excluding carboxylic acids is 1. The summed E-state index contributed by atoms with van der Waals surface area (Å²) in [5.41, 5.74) is 1.00. The fourth-order valence-corrected chi connectivity index (χ4v) is 3.02. The summed E-state index contributed by atoms with van der Waals surface area (Å²) in [5.74, 6) is 0.821. The van der Waals surface area contributed by atoms with E-state index < -0.39 is 17.8 Å². The molecule has 1 aromatic heterocycles. The SMILES string of the molecule is N=C1c2ccoc2NCN1c1ccc(NC(=O)Nc2cccc(C(F)(F)F)c2)cc1. The number of anilines is 4. The number of nitrogens with one attached hydrogen (secondary N) is 4. The molecule has 4 N–H and O–H groups in total. The minimum absolute atomic E-state index is 0.0303. The van der Waals surface area contributed by atoms with Crippen LogP contribution >= 0.6 is 0 Å². The highest BCUT2D eigenvalue weighted by atomic mass is 19.4. The molecule has 0 saturated carbocycles. The molecule has 0 saturated heterocycles. The summed E-state index contributed by atoms with van der Waals surface area (Å²) in [6.07, 6.45) is -2.98. The Bertz CT molecular complexity index is 1090. The number of rotatable bonds is 3. The summed E-state index contributed by atoms with van der Waals surface area (Å²) in [6.45, 7) is 0.349. The summed E-state index contributed by atoms with van der Waals surface area (Å²) in [5, 5.41) is 16.3. The van der Waals surface area contributed by atoms with Gasteiger partial charge in [0.15, 0.2) is 0 Å². The van der Waals surface area contributed by atoms with Gasteiger partial charge < -0.3 is 25.3 Å². The van der Waals surface area contributed by atoms with Crippen molar-refractivity contribution in [3.63, 3.8) is 0 Å². The Kier molecular flexibility index (Phi) is 4.82. The van der Waals surface area contributed by atoms with Crippen LogP contribution in [0.5, 0.6) is 0 Å². The summed E-state index contributed by atoms with van der Waals surface area (Å²) in [7, 11) is 0. The van der Waals surface area contributed by atoms with Gasteiger partial charge in [0.25, 0.3) is 0 Å². The maximum atomic E-state index is 12.8. The predicted octanol–water partition coefficient (Wildman–Crippen LogP) is 5.16. The van der Waals surface area contributed by atoms with Gasteiger partial charge in [-0.05, 0) is 48.5 Å². The fourth-order valence-electron chi connectivity index (χ4n) is 3.02. The molecule has 7 nitrogen and oxygen atoms in total. The molecule has 1 aliphatic rings. The van der Waals surface area contributed by atoms with E-state index >= 15 is 0 Å². The van der Waals surface area contributed by atoms with Crippen molar-refractivity contribution in [2.75, 3.05) is 27.5 Å². The number of alkyl halides is 3. The van der Waals surface area contributed by atoms with E-state index in [1.165, 1.54) is 18.4 Å². The number of nitrogens with zero attached hydrogens (tertiary/aromatic N) is 1. The Morgan fingerprint density at radius 1 is 1.07 bits per heavy atom. The molecular weight excluding hydrogens is 399 g/mol. The number of furan rings is 1. The molecule has 0 bridgehead atoms. The van der Waals surface area contributed by atoms with Crippen LogP contribution in [0.1, 0.15) is 11.1 Å². The van der Waals surface area contributed by atoms with Crippen LogP contribution in [0.25, 0.3) is 0 Å². The molecule has 4 rings (SSSR count). The lowest BCUT2D eigenvalue weighted by atomic mass is 10.2. The highest BCUT2D eigenvalue weighted by molar-refractivity contribution is 6.12. The molecule has 0 spiro atoms. The first kappa shape index (κ1) is 19.4. The van der Waals surface area contributed by atoms with Crippen molar-refractivity contribution in [1.29, 1.82) is 5.41 Å². The molecule has 10 heteroatoms. The van der Waals surface area contributed by atoms with Gasteiger partial charge in [0.05, 0.1) is 24.1 Å². The lowest BCUT2D eigenvalue weighted by Crippen LogP contribution is -2.39. The van der Waals surface area contributed by atoms with E-state index in [1.807, 2.05) is 0 Å². The average Bonchev–Trinajstić information content (AvgIpc) is 3.18. The number of halogens is 3. The molecule has 2 heterocycles. The second kappa shape index (κ2) is 7.47. The van der Waals surface area contributed by atoms with Crippen molar-refractivity contribution in [3.8, 4) is 0 Å². The molecule has 0 radical (unpaired) electrons. The molecular formula is C20H16F3N5O2. The first-order valence-corrected chi connectivity index (χ1v) is 8.84. The van der Waals surface area contributed by atoms with Crippen molar-refractivity contribution in [2.24, 2.45) is 0 Å². The van der Waals surface area contributed by atoms with E-state index in [0.717, 1.165) is 17.8 Å². The third-order valence-electron chi connectivity index (χ3n) is 4.47. The highest BCUT2D eigenvalue weighted by Crippen LogP contribution is 2.31. The van der Waals surface area contributed by atoms with E-state index in [2.05, 4.69) is 16.0 Å². The quantitative estimate of drug-likeness (QED) is 0.476. The van der Waals surface area contributed by atoms with Gasteiger partial charge in [-0.3, -0.25) is 5.41 Å². The molecule has 0 atom stereocenters. The summed E-state index contributed by atoms with van der Waals surface area (Å²) in [4.78, 5) is 13.8. The Labute approximate surface area is 169 Å². The maximum absolute atomic E-state index is 12.8. The van der Waals surface area contributed by atoms with Gasteiger partial charge in [-0.2, -0.15) is 13.2 Å². The van der Waals surface area contributed by atoms with E-state index in [1.54, 1.807) is 35.2 Å². The lowest BCUT2D eigenvalue weighted by molar-refractivity contribution is -0.137. The highest BCUT2D eigenvalue weighted by Gasteiger charge is 2.30. The van der Waals surface area contributed by atoms with Crippen molar-refractivity contribution < 1.29 is 22.4 Å². The number of amidine groups is 1. The van der Waals surface area contributed by atoms with Crippen LogP contribution in [0.15, 0.2) is 65.3 Å². The fraction of sp³-hybridized carbons (Fsp3) is 0.100. The first-order valence-electron chi connectivity index (χ1n) is 8.84. The first-order chi connectivity index (χ1) is 14.3. The Hall–Kier alpha value is -3.95. The molecule has 0 fully saturated rings. The normalized spacial score (nSPS) is 13.4. The van der Waals surface area contributed by atoms with Crippen molar-refractivity contribution in [3.05, 3.63) is 72.0 Å². The van der Waals surface area contributed by atoms with Gasteiger partial charge in [-0.1, -0.05) is 6.07 Å². The molecule has 1 aliphatic heterocycles. The van der Waals surface area contributed by atoms with Gasteiger partial charge in [0, 0.05) is 17.1 Å². The van der Waals surface area contributed by atoms with Crippen molar-refractivity contribution in [2.45, 2.75) is 6.18 Å². The number of urea groups is 1. The number of benzene rings is 2. The number of hydrogen-bond acceptors (Lipinski definition) is 4. The van der Waals surface area contributed by atoms with Crippen LogP contribution in [0.4, 0.5) is 40.9 Å². The Morgan fingerprint density at radius 3 is 2.53 bits per heavy atom. The smallest absolute Gasteiger partial charge is 0.416 e. The number of fused-ring (bicyclic) bond motifs is 1.